The molecule has 0 aliphatic heterocycles. The van der Waals surface area contributed by atoms with Crippen molar-refractivity contribution in [1.82, 2.24) is 19.3 Å². The van der Waals surface area contributed by atoms with Crippen molar-refractivity contribution in [2.45, 2.75) is 45.6 Å². The van der Waals surface area contributed by atoms with E-state index in [0.717, 1.165) is 27.2 Å². The molecular weight excluding hydrogens is 609 g/mol. The largest absolute Gasteiger partial charge is 0.487 e. The van der Waals surface area contributed by atoms with E-state index >= 15 is 0 Å². The Labute approximate surface area is 259 Å². The quantitative estimate of drug-likeness (QED) is 0.156. The predicted molar refractivity (Wildman–Crippen MR) is 171 cm³/mol. The first-order valence-electron chi connectivity index (χ1n) is 13.7. The summed E-state index contributed by atoms with van der Waals surface area (Å²) in [6.45, 7) is 7.63. The lowest BCUT2D eigenvalue weighted by Crippen LogP contribution is -2.38. The normalized spacial score (nSPS) is 12.7. The average Bonchev–Trinajstić information content (AvgIpc) is 3.47. The Morgan fingerprint density at radius 1 is 1.07 bits per heavy atom. The van der Waals surface area contributed by atoms with Crippen molar-refractivity contribution >= 4 is 55.4 Å². The molecule has 0 fully saturated rings. The number of hydrogen-bond acceptors (Lipinski definition) is 8. The summed E-state index contributed by atoms with van der Waals surface area (Å²) < 4.78 is 46.5. The molecule has 5 aromatic rings. The van der Waals surface area contributed by atoms with Gasteiger partial charge in [-0.05, 0) is 68.8 Å². The van der Waals surface area contributed by atoms with Gasteiger partial charge in [0.05, 0.1) is 27.5 Å². The maximum absolute atomic E-state index is 13.5. The van der Waals surface area contributed by atoms with Crippen molar-refractivity contribution in [2.24, 2.45) is 0 Å². The summed E-state index contributed by atoms with van der Waals surface area (Å²) in [6, 6.07) is 16.9. The van der Waals surface area contributed by atoms with Gasteiger partial charge in [0.25, 0.3) is 0 Å². The Morgan fingerprint density at radius 2 is 1.88 bits per heavy atom. The fraction of sp³-hybridized carbons (Fsp3) is 0.258. The Bertz CT molecular complexity index is 1870. The van der Waals surface area contributed by atoms with E-state index in [4.69, 9.17) is 21.3 Å². The van der Waals surface area contributed by atoms with E-state index in [0.29, 0.717) is 34.4 Å². The number of fused-ring (bicyclic) bond motifs is 1. The Hall–Kier alpha value is -3.64. The third-order valence-corrected chi connectivity index (χ3v) is 10.7. The maximum Gasteiger partial charge on any atom is 0.217 e. The number of nitrogens with zero attached hydrogens (tertiary/aromatic N) is 4. The number of benzene rings is 3. The first kappa shape index (κ1) is 30.8. The molecule has 12 heteroatoms. The maximum atomic E-state index is 13.5. The monoisotopic (exact) mass is 639 g/mol. The minimum atomic E-state index is -3.44. The van der Waals surface area contributed by atoms with Gasteiger partial charge in [0.2, 0.25) is 10.0 Å². The molecule has 1 atom stereocenters. The van der Waals surface area contributed by atoms with Crippen LogP contribution in [-0.2, 0) is 16.6 Å². The molecule has 0 aliphatic rings. The zero-order valence-corrected chi connectivity index (χ0v) is 26.5. The molecule has 224 valence electrons. The van der Waals surface area contributed by atoms with Crippen LogP contribution in [0.1, 0.15) is 44.3 Å². The fourth-order valence-corrected chi connectivity index (χ4v) is 7.26. The SMILES string of the molecule is CCN(C(C)c1nc(-c2ccc3ncnc(Nc4ccc(OCc5cccc(F)c5)c(Cl)c4)c3c2)cs1)S(=O)(=O)C(C)C. The van der Waals surface area contributed by atoms with Crippen molar-refractivity contribution < 1.29 is 17.5 Å². The number of aromatic nitrogens is 3. The summed E-state index contributed by atoms with van der Waals surface area (Å²) in [5.74, 6) is 0.736. The highest BCUT2D eigenvalue weighted by molar-refractivity contribution is 7.89. The zero-order chi connectivity index (χ0) is 30.7. The van der Waals surface area contributed by atoms with Crippen LogP contribution in [0.3, 0.4) is 0 Å². The summed E-state index contributed by atoms with van der Waals surface area (Å²) in [5, 5.41) is 6.63. The van der Waals surface area contributed by atoms with Crippen LogP contribution in [0.5, 0.6) is 5.75 Å². The van der Waals surface area contributed by atoms with Gasteiger partial charge in [-0.25, -0.2) is 27.8 Å². The van der Waals surface area contributed by atoms with Crippen LogP contribution >= 0.6 is 22.9 Å². The molecule has 43 heavy (non-hydrogen) atoms. The lowest BCUT2D eigenvalue weighted by molar-refractivity contribution is 0.306. The first-order chi connectivity index (χ1) is 20.6. The summed E-state index contributed by atoms with van der Waals surface area (Å²) >= 11 is 7.94. The van der Waals surface area contributed by atoms with E-state index in [9.17, 15) is 12.8 Å². The second kappa shape index (κ2) is 12.9. The van der Waals surface area contributed by atoms with Gasteiger partial charge >= 0.3 is 0 Å². The summed E-state index contributed by atoms with van der Waals surface area (Å²) in [6.07, 6.45) is 1.49. The number of ether oxygens (including phenoxy) is 1. The molecule has 3 aromatic carbocycles. The molecule has 2 aromatic heterocycles. The van der Waals surface area contributed by atoms with Gasteiger partial charge < -0.3 is 10.1 Å². The van der Waals surface area contributed by atoms with Gasteiger partial charge in [0, 0.05) is 28.6 Å². The summed E-state index contributed by atoms with van der Waals surface area (Å²) in [4.78, 5) is 13.7. The second-order valence-electron chi connectivity index (χ2n) is 10.2. The first-order valence-corrected chi connectivity index (χ1v) is 16.5. The van der Waals surface area contributed by atoms with Crippen LogP contribution in [0.25, 0.3) is 22.2 Å². The minimum absolute atomic E-state index is 0.185. The van der Waals surface area contributed by atoms with E-state index in [-0.39, 0.29) is 18.5 Å². The van der Waals surface area contributed by atoms with Crippen LogP contribution in [-0.4, -0.2) is 39.5 Å². The molecule has 0 bridgehead atoms. The van der Waals surface area contributed by atoms with E-state index in [1.807, 2.05) is 43.5 Å². The van der Waals surface area contributed by atoms with Crippen molar-refractivity contribution in [3.05, 3.63) is 93.8 Å². The van der Waals surface area contributed by atoms with Gasteiger partial charge in [-0.15, -0.1) is 11.3 Å². The molecule has 0 spiro atoms. The molecule has 8 nitrogen and oxygen atoms in total. The highest BCUT2D eigenvalue weighted by atomic mass is 35.5. The van der Waals surface area contributed by atoms with Crippen LogP contribution < -0.4 is 10.1 Å². The van der Waals surface area contributed by atoms with Gasteiger partial charge in [0.15, 0.2) is 0 Å². The van der Waals surface area contributed by atoms with E-state index in [1.165, 1.54) is 34.1 Å². The lowest BCUT2D eigenvalue weighted by Gasteiger charge is -2.27. The van der Waals surface area contributed by atoms with Gasteiger partial charge in [-0.1, -0.05) is 36.7 Å². The highest BCUT2D eigenvalue weighted by Gasteiger charge is 2.31. The van der Waals surface area contributed by atoms with Gasteiger partial charge in [-0.3, -0.25) is 0 Å². The number of thiazole rings is 1. The predicted octanol–water partition coefficient (Wildman–Crippen LogP) is 7.99. The molecule has 1 N–H and O–H groups in total. The number of rotatable bonds is 11. The molecule has 0 amide bonds. The second-order valence-corrected chi connectivity index (χ2v) is 13.9. The topological polar surface area (TPSA) is 97.3 Å². The van der Waals surface area contributed by atoms with E-state index in [1.54, 1.807) is 38.1 Å². The molecule has 0 aliphatic carbocycles. The molecular formula is C31H31ClFN5O3S2. The van der Waals surface area contributed by atoms with Crippen LogP contribution in [0.15, 0.2) is 72.4 Å². The third kappa shape index (κ3) is 6.80. The summed E-state index contributed by atoms with van der Waals surface area (Å²) in [7, 11) is -3.44. The van der Waals surface area contributed by atoms with Crippen molar-refractivity contribution in [3.8, 4) is 17.0 Å². The number of anilines is 2. The standard InChI is InChI=1S/C31H31ClFN5O3S2/c1-5-38(43(39,40)19(2)3)20(4)31-37-28(17-42-31)22-9-11-27-25(14-22)30(35-18-34-27)36-24-10-12-29(26(32)15-24)41-16-21-7-6-8-23(33)13-21/h6-15,17-20H,5,16H2,1-4H3,(H,34,35,36). The number of halogens is 2. The Morgan fingerprint density at radius 3 is 2.60 bits per heavy atom. The zero-order valence-electron chi connectivity index (χ0n) is 24.1. The Balaban J connectivity index is 1.37. The van der Waals surface area contributed by atoms with Crippen LogP contribution in [0.4, 0.5) is 15.9 Å². The lowest BCUT2D eigenvalue weighted by atomic mass is 10.1. The van der Waals surface area contributed by atoms with E-state index < -0.39 is 15.3 Å². The van der Waals surface area contributed by atoms with Crippen LogP contribution in [0, 0.1) is 5.82 Å². The number of nitrogens with one attached hydrogen (secondary N) is 1. The molecule has 0 saturated carbocycles. The van der Waals surface area contributed by atoms with Crippen molar-refractivity contribution in [1.29, 1.82) is 0 Å². The number of sulfonamides is 1. The molecule has 0 saturated heterocycles. The van der Waals surface area contributed by atoms with Crippen molar-refractivity contribution in [3.63, 3.8) is 0 Å². The van der Waals surface area contributed by atoms with Gasteiger partial charge in [-0.2, -0.15) is 4.31 Å². The van der Waals surface area contributed by atoms with Crippen molar-refractivity contribution in [2.75, 3.05) is 11.9 Å². The van der Waals surface area contributed by atoms with E-state index in [2.05, 4.69) is 15.3 Å². The van der Waals surface area contributed by atoms with Gasteiger partial charge in [0.1, 0.15) is 35.3 Å². The highest BCUT2D eigenvalue weighted by Crippen LogP contribution is 2.34. The fourth-order valence-electron chi connectivity index (χ4n) is 4.62. The minimum Gasteiger partial charge on any atom is -0.487 e. The average molecular weight is 640 g/mol. The molecule has 0 radical (unpaired) electrons. The molecule has 5 rings (SSSR count). The Kier molecular flexibility index (Phi) is 9.26. The molecule has 2 heterocycles. The summed E-state index contributed by atoms with van der Waals surface area (Å²) in [5.41, 5.74) is 3.74. The third-order valence-electron chi connectivity index (χ3n) is 6.95. The number of hydrogen-bond donors (Lipinski definition) is 1. The van der Waals surface area contributed by atoms with Crippen LogP contribution in [0.2, 0.25) is 5.02 Å². The smallest absolute Gasteiger partial charge is 0.217 e. The molecule has 1 unspecified atom stereocenters.